The number of hydrogen-bond donors (Lipinski definition) is 2. The van der Waals surface area contributed by atoms with Crippen molar-refractivity contribution in [3.05, 3.63) is 22.7 Å². The standard InChI is InChI=1S/C9H13ClN2O4S2/c1-3-17(13,14)12-9-6(2)4-7(5-8(9)10)18(11,15)16/h4-5,12H,3H2,1-2H3,(H2,11,15,16). The summed E-state index contributed by atoms with van der Waals surface area (Å²) >= 11 is 5.86. The van der Waals surface area contributed by atoms with Crippen LogP contribution in [0.15, 0.2) is 17.0 Å². The number of sulfonamides is 2. The van der Waals surface area contributed by atoms with E-state index >= 15 is 0 Å². The van der Waals surface area contributed by atoms with Gasteiger partial charge < -0.3 is 0 Å². The van der Waals surface area contributed by atoms with Gasteiger partial charge in [-0.25, -0.2) is 22.0 Å². The Morgan fingerprint density at radius 2 is 1.83 bits per heavy atom. The Bertz CT molecular complexity index is 645. The highest BCUT2D eigenvalue weighted by atomic mass is 35.5. The first kappa shape index (κ1) is 15.2. The second-order valence-electron chi connectivity index (χ2n) is 3.65. The molecule has 0 aliphatic rings. The second-order valence-corrected chi connectivity index (χ2v) is 7.63. The molecule has 0 spiro atoms. The topological polar surface area (TPSA) is 106 Å². The fourth-order valence-corrected chi connectivity index (χ4v) is 3.02. The van der Waals surface area contributed by atoms with E-state index in [1.807, 2.05) is 0 Å². The molecule has 102 valence electrons. The molecular formula is C9H13ClN2O4S2. The zero-order chi connectivity index (χ0) is 14.1. The molecular weight excluding hydrogens is 300 g/mol. The summed E-state index contributed by atoms with van der Waals surface area (Å²) in [5, 5.41) is 4.96. The van der Waals surface area contributed by atoms with E-state index < -0.39 is 20.0 Å². The van der Waals surface area contributed by atoms with Gasteiger partial charge in [-0.2, -0.15) is 0 Å². The Balaban J connectivity index is 3.35. The number of anilines is 1. The van der Waals surface area contributed by atoms with Crippen LogP contribution in [0.5, 0.6) is 0 Å². The average molecular weight is 313 g/mol. The van der Waals surface area contributed by atoms with E-state index in [-0.39, 0.29) is 21.4 Å². The van der Waals surface area contributed by atoms with Gasteiger partial charge >= 0.3 is 0 Å². The normalized spacial score (nSPS) is 12.4. The Morgan fingerprint density at radius 3 is 2.22 bits per heavy atom. The molecule has 0 unspecified atom stereocenters. The molecule has 1 aromatic carbocycles. The van der Waals surface area contributed by atoms with E-state index in [0.29, 0.717) is 5.56 Å². The molecule has 0 saturated carbocycles. The molecule has 1 rings (SSSR count). The number of benzene rings is 1. The maximum atomic E-state index is 11.4. The van der Waals surface area contributed by atoms with Gasteiger partial charge in [-0.15, -0.1) is 0 Å². The van der Waals surface area contributed by atoms with E-state index in [2.05, 4.69) is 4.72 Å². The molecule has 9 heteroatoms. The quantitative estimate of drug-likeness (QED) is 0.866. The summed E-state index contributed by atoms with van der Waals surface area (Å²) in [6.07, 6.45) is 0. The van der Waals surface area contributed by atoms with Gasteiger partial charge in [-0.1, -0.05) is 11.6 Å². The number of halogens is 1. The average Bonchev–Trinajstić information content (AvgIpc) is 2.22. The SMILES string of the molecule is CCS(=O)(=O)Nc1c(C)cc(S(N)(=O)=O)cc1Cl. The third kappa shape index (κ3) is 3.58. The zero-order valence-electron chi connectivity index (χ0n) is 9.77. The lowest BCUT2D eigenvalue weighted by molar-refractivity contribution is 0.597. The van der Waals surface area contributed by atoms with Crippen LogP contribution in [0.25, 0.3) is 0 Å². The van der Waals surface area contributed by atoms with Crippen molar-refractivity contribution in [1.29, 1.82) is 0 Å². The number of hydrogen-bond acceptors (Lipinski definition) is 4. The Kier molecular flexibility index (Phi) is 4.26. The Morgan fingerprint density at radius 1 is 1.28 bits per heavy atom. The number of nitrogens with one attached hydrogen (secondary N) is 1. The monoisotopic (exact) mass is 312 g/mol. The molecule has 0 atom stereocenters. The van der Waals surface area contributed by atoms with Crippen molar-refractivity contribution >= 4 is 37.3 Å². The fourth-order valence-electron chi connectivity index (χ4n) is 1.23. The van der Waals surface area contributed by atoms with E-state index in [9.17, 15) is 16.8 Å². The van der Waals surface area contributed by atoms with Crippen LogP contribution in [0.2, 0.25) is 5.02 Å². The first-order valence-electron chi connectivity index (χ1n) is 4.90. The molecule has 0 fully saturated rings. The summed E-state index contributed by atoms with van der Waals surface area (Å²) < 4.78 is 47.5. The Labute approximate surface area is 111 Å². The van der Waals surface area contributed by atoms with Crippen LogP contribution in [0, 0.1) is 6.92 Å². The summed E-state index contributed by atoms with van der Waals surface area (Å²) in [5.41, 5.74) is 0.537. The summed E-state index contributed by atoms with van der Waals surface area (Å²) in [7, 11) is -7.36. The van der Waals surface area contributed by atoms with Gasteiger partial charge in [0.25, 0.3) is 0 Å². The molecule has 0 heterocycles. The van der Waals surface area contributed by atoms with Crippen LogP contribution in [0.1, 0.15) is 12.5 Å². The van der Waals surface area contributed by atoms with Gasteiger partial charge in [0.2, 0.25) is 20.0 Å². The molecule has 0 aromatic heterocycles. The van der Waals surface area contributed by atoms with Crippen LogP contribution in [0.3, 0.4) is 0 Å². The first-order valence-corrected chi connectivity index (χ1v) is 8.48. The minimum Gasteiger partial charge on any atom is -0.282 e. The van der Waals surface area contributed by atoms with Crippen LogP contribution >= 0.6 is 11.6 Å². The summed E-state index contributed by atoms with van der Waals surface area (Å²) in [4.78, 5) is -0.163. The van der Waals surface area contributed by atoms with Crippen LogP contribution in [0.4, 0.5) is 5.69 Å². The van der Waals surface area contributed by atoms with Crippen molar-refractivity contribution in [1.82, 2.24) is 0 Å². The lowest BCUT2D eigenvalue weighted by atomic mass is 10.2. The van der Waals surface area contributed by atoms with Gasteiger partial charge in [0.15, 0.2) is 0 Å². The molecule has 0 saturated heterocycles. The van der Waals surface area contributed by atoms with Gasteiger partial charge in [0.1, 0.15) is 0 Å². The molecule has 6 nitrogen and oxygen atoms in total. The third-order valence-corrected chi connectivity index (χ3v) is 4.69. The number of aryl methyl sites for hydroxylation is 1. The van der Waals surface area contributed by atoms with Crippen molar-refractivity contribution in [2.75, 3.05) is 10.5 Å². The molecule has 0 radical (unpaired) electrons. The van der Waals surface area contributed by atoms with Gasteiger partial charge in [0.05, 0.1) is 21.4 Å². The van der Waals surface area contributed by atoms with E-state index in [0.717, 1.165) is 6.07 Å². The molecule has 0 aliphatic carbocycles. The second kappa shape index (κ2) is 5.04. The summed E-state index contributed by atoms with van der Waals surface area (Å²) in [5.74, 6) is -0.111. The van der Waals surface area contributed by atoms with Crippen molar-refractivity contribution in [2.24, 2.45) is 5.14 Å². The largest absolute Gasteiger partial charge is 0.282 e. The minimum atomic E-state index is -3.88. The van der Waals surface area contributed by atoms with Crippen LogP contribution in [-0.2, 0) is 20.0 Å². The number of nitrogens with two attached hydrogens (primary N) is 1. The van der Waals surface area contributed by atoms with Gasteiger partial charge in [0, 0.05) is 0 Å². The van der Waals surface area contributed by atoms with Gasteiger partial charge in [-0.05, 0) is 31.5 Å². The third-order valence-electron chi connectivity index (χ3n) is 2.23. The lowest BCUT2D eigenvalue weighted by Crippen LogP contribution is -2.17. The zero-order valence-corrected chi connectivity index (χ0v) is 12.2. The predicted molar refractivity (Wildman–Crippen MR) is 70.6 cm³/mol. The maximum Gasteiger partial charge on any atom is 0.238 e. The fraction of sp³-hybridized carbons (Fsp3) is 0.333. The van der Waals surface area contributed by atoms with E-state index in [1.165, 1.54) is 19.9 Å². The molecule has 1 aromatic rings. The van der Waals surface area contributed by atoms with E-state index in [1.54, 1.807) is 0 Å². The molecule has 0 aliphatic heterocycles. The molecule has 18 heavy (non-hydrogen) atoms. The maximum absolute atomic E-state index is 11.4. The van der Waals surface area contributed by atoms with E-state index in [4.69, 9.17) is 16.7 Å². The summed E-state index contributed by atoms with van der Waals surface area (Å²) in [6.45, 7) is 3.01. The molecule has 3 N–H and O–H groups in total. The number of primary sulfonamides is 1. The highest BCUT2D eigenvalue weighted by Crippen LogP contribution is 2.29. The minimum absolute atomic E-state index is 0.0175. The summed E-state index contributed by atoms with van der Waals surface area (Å²) in [6, 6.07) is 2.37. The lowest BCUT2D eigenvalue weighted by Gasteiger charge is -2.12. The van der Waals surface area contributed by atoms with Crippen molar-refractivity contribution in [3.63, 3.8) is 0 Å². The highest BCUT2D eigenvalue weighted by Gasteiger charge is 2.16. The first-order chi connectivity index (χ1) is 8.07. The van der Waals surface area contributed by atoms with Gasteiger partial charge in [-0.3, -0.25) is 4.72 Å². The smallest absolute Gasteiger partial charge is 0.238 e. The van der Waals surface area contributed by atoms with Crippen molar-refractivity contribution in [2.45, 2.75) is 18.7 Å². The van der Waals surface area contributed by atoms with Crippen LogP contribution < -0.4 is 9.86 Å². The molecule has 0 amide bonds. The van der Waals surface area contributed by atoms with Crippen LogP contribution in [-0.4, -0.2) is 22.6 Å². The predicted octanol–water partition coefficient (Wildman–Crippen LogP) is 1.06. The van der Waals surface area contributed by atoms with Crippen molar-refractivity contribution < 1.29 is 16.8 Å². The highest BCUT2D eigenvalue weighted by molar-refractivity contribution is 7.92. The molecule has 0 bridgehead atoms. The Hall–Kier alpha value is -0.830. The number of rotatable bonds is 4. The van der Waals surface area contributed by atoms with Crippen molar-refractivity contribution in [3.8, 4) is 0 Å².